The smallest absolute Gasteiger partial charge is 0.321 e. The summed E-state index contributed by atoms with van der Waals surface area (Å²) in [6.45, 7) is 3.97. The van der Waals surface area contributed by atoms with Crippen molar-refractivity contribution in [2.75, 3.05) is 0 Å². The molecule has 0 spiro atoms. The highest BCUT2D eigenvalue weighted by molar-refractivity contribution is 5.74. The minimum atomic E-state index is -0.947. The van der Waals surface area contributed by atoms with Gasteiger partial charge in [0.15, 0.2) is 0 Å². The summed E-state index contributed by atoms with van der Waals surface area (Å²) in [6, 6.07) is 8.72. The zero-order valence-corrected chi connectivity index (χ0v) is 9.05. The average Bonchev–Trinajstić information content (AvgIpc) is 2.18. The van der Waals surface area contributed by atoms with Crippen LogP contribution in [-0.2, 0) is 4.79 Å². The van der Waals surface area contributed by atoms with Crippen molar-refractivity contribution in [1.82, 2.24) is 0 Å². The van der Waals surface area contributed by atoms with Gasteiger partial charge in [0.05, 0.1) is 0 Å². The van der Waals surface area contributed by atoms with E-state index in [0.29, 0.717) is 0 Å². The third-order valence-electron chi connectivity index (χ3n) is 2.57. The van der Waals surface area contributed by atoms with Crippen LogP contribution in [-0.4, -0.2) is 17.1 Å². The van der Waals surface area contributed by atoms with Crippen molar-refractivity contribution in [3.05, 3.63) is 35.9 Å². The molecule has 1 aromatic rings. The highest BCUT2D eigenvalue weighted by Gasteiger charge is 2.28. The summed E-state index contributed by atoms with van der Waals surface area (Å²) >= 11 is 0. The van der Waals surface area contributed by atoms with E-state index >= 15 is 0 Å². The number of aliphatic carboxylic acids is 1. The van der Waals surface area contributed by atoms with E-state index in [-0.39, 0.29) is 11.8 Å². The quantitative estimate of drug-likeness (QED) is 0.791. The van der Waals surface area contributed by atoms with Crippen LogP contribution in [0.15, 0.2) is 30.3 Å². The molecule has 0 amide bonds. The standard InChI is InChI=1S/C12H17NO2/c1-8(2)10(11(13)12(14)15)9-6-4-3-5-7-9/h3-8,10-11H,13H2,1-2H3,(H,14,15). The van der Waals surface area contributed by atoms with Gasteiger partial charge in [-0.2, -0.15) is 0 Å². The van der Waals surface area contributed by atoms with E-state index in [9.17, 15) is 4.79 Å². The van der Waals surface area contributed by atoms with Gasteiger partial charge >= 0.3 is 5.97 Å². The molecule has 0 bridgehead atoms. The Kier molecular flexibility index (Phi) is 3.86. The van der Waals surface area contributed by atoms with Gasteiger partial charge in [0.2, 0.25) is 0 Å². The van der Waals surface area contributed by atoms with Crippen LogP contribution < -0.4 is 5.73 Å². The van der Waals surface area contributed by atoms with Crippen molar-refractivity contribution in [1.29, 1.82) is 0 Å². The van der Waals surface area contributed by atoms with E-state index in [0.717, 1.165) is 5.56 Å². The third-order valence-corrected chi connectivity index (χ3v) is 2.57. The summed E-state index contributed by atoms with van der Waals surface area (Å²) in [5, 5.41) is 8.94. The normalized spacial score (nSPS) is 14.9. The van der Waals surface area contributed by atoms with Crippen LogP contribution in [0.4, 0.5) is 0 Å². The van der Waals surface area contributed by atoms with E-state index in [2.05, 4.69) is 0 Å². The van der Waals surface area contributed by atoms with Gasteiger partial charge in [-0.1, -0.05) is 44.2 Å². The van der Waals surface area contributed by atoms with Gasteiger partial charge in [-0.3, -0.25) is 4.79 Å². The summed E-state index contributed by atoms with van der Waals surface area (Å²) in [7, 11) is 0. The minimum absolute atomic E-state index is 0.135. The van der Waals surface area contributed by atoms with Crippen molar-refractivity contribution < 1.29 is 9.90 Å². The molecule has 0 saturated heterocycles. The molecule has 0 aromatic heterocycles. The third kappa shape index (κ3) is 2.80. The van der Waals surface area contributed by atoms with Crippen LogP contribution in [0.25, 0.3) is 0 Å². The fourth-order valence-corrected chi connectivity index (χ4v) is 1.84. The number of carbonyl (C=O) groups is 1. The molecule has 0 heterocycles. The fourth-order valence-electron chi connectivity index (χ4n) is 1.84. The fraction of sp³-hybridized carbons (Fsp3) is 0.417. The van der Waals surface area contributed by atoms with Gasteiger partial charge in [-0.15, -0.1) is 0 Å². The number of hydrogen-bond acceptors (Lipinski definition) is 2. The summed E-state index contributed by atoms with van der Waals surface area (Å²) < 4.78 is 0. The Balaban J connectivity index is 2.99. The molecule has 15 heavy (non-hydrogen) atoms. The Morgan fingerprint density at radius 1 is 1.27 bits per heavy atom. The van der Waals surface area contributed by atoms with Crippen LogP contribution in [0, 0.1) is 5.92 Å². The van der Waals surface area contributed by atoms with Crippen LogP contribution in [0.1, 0.15) is 25.3 Å². The first-order valence-corrected chi connectivity index (χ1v) is 5.07. The van der Waals surface area contributed by atoms with Crippen LogP contribution in [0.2, 0.25) is 0 Å². The molecule has 1 aromatic carbocycles. The van der Waals surface area contributed by atoms with Crippen LogP contribution in [0.5, 0.6) is 0 Å². The largest absolute Gasteiger partial charge is 0.480 e. The van der Waals surface area contributed by atoms with E-state index < -0.39 is 12.0 Å². The van der Waals surface area contributed by atoms with Crippen molar-refractivity contribution in [2.24, 2.45) is 11.7 Å². The summed E-state index contributed by atoms with van der Waals surface area (Å²) in [5.74, 6) is -0.875. The lowest BCUT2D eigenvalue weighted by atomic mass is 9.83. The summed E-state index contributed by atoms with van der Waals surface area (Å²) in [5.41, 5.74) is 6.68. The molecule has 1 rings (SSSR count). The molecule has 2 atom stereocenters. The number of carboxylic acids is 1. The molecule has 82 valence electrons. The monoisotopic (exact) mass is 207 g/mol. The van der Waals surface area contributed by atoms with Gasteiger partial charge in [0.1, 0.15) is 6.04 Å². The Labute approximate surface area is 89.9 Å². The van der Waals surface area contributed by atoms with E-state index in [1.54, 1.807) is 0 Å². The molecule has 0 fully saturated rings. The maximum absolute atomic E-state index is 10.9. The van der Waals surface area contributed by atoms with E-state index in [1.807, 2.05) is 44.2 Å². The predicted octanol–water partition coefficient (Wildman–Crippen LogP) is 1.84. The second kappa shape index (κ2) is 4.94. The Bertz CT molecular complexity index is 322. The van der Waals surface area contributed by atoms with E-state index in [4.69, 9.17) is 10.8 Å². The van der Waals surface area contributed by atoms with Gasteiger partial charge < -0.3 is 10.8 Å². The molecular weight excluding hydrogens is 190 g/mol. The zero-order valence-electron chi connectivity index (χ0n) is 9.05. The molecule has 0 saturated carbocycles. The lowest BCUT2D eigenvalue weighted by molar-refractivity contribution is -0.139. The molecular formula is C12H17NO2. The van der Waals surface area contributed by atoms with Gasteiger partial charge in [-0.25, -0.2) is 0 Å². The molecule has 0 aliphatic rings. The molecule has 2 unspecified atom stereocenters. The second-order valence-corrected chi connectivity index (χ2v) is 4.04. The molecule has 0 aliphatic heterocycles. The first kappa shape index (κ1) is 11.7. The molecule has 0 aliphatic carbocycles. The number of nitrogens with two attached hydrogens (primary N) is 1. The molecule has 3 heteroatoms. The van der Waals surface area contributed by atoms with E-state index in [1.165, 1.54) is 0 Å². The topological polar surface area (TPSA) is 63.3 Å². The number of hydrogen-bond donors (Lipinski definition) is 2. The Morgan fingerprint density at radius 3 is 2.20 bits per heavy atom. The number of rotatable bonds is 4. The highest BCUT2D eigenvalue weighted by atomic mass is 16.4. The highest BCUT2D eigenvalue weighted by Crippen LogP contribution is 2.26. The maximum Gasteiger partial charge on any atom is 0.321 e. The minimum Gasteiger partial charge on any atom is -0.480 e. The van der Waals surface area contributed by atoms with Gasteiger partial charge in [0.25, 0.3) is 0 Å². The molecule has 3 N–H and O–H groups in total. The van der Waals surface area contributed by atoms with Crippen molar-refractivity contribution in [3.63, 3.8) is 0 Å². The lowest BCUT2D eigenvalue weighted by Crippen LogP contribution is -2.38. The SMILES string of the molecule is CC(C)C(c1ccccc1)C(N)C(=O)O. The van der Waals surface area contributed by atoms with Gasteiger partial charge in [-0.05, 0) is 11.5 Å². The lowest BCUT2D eigenvalue weighted by Gasteiger charge is -2.24. The zero-order chi connectivity index (χ0) is 11.4. The van der Waals surface area contributed by atoms with Crippen molar-refractivity contribution in [3.8, 4) is 0 Å². The van der Waals surface area contributed by atoms with Crippen molar-refractivity contribution in [2.45, 2.75) is 25.8 Å². The molecule has 0 radical (unpaired) electrons. The first-order valence-electron chi connectivity index (χ1n) is 5.07. The van der Waals surface area contributed by atoms with Gasteiger partial charge in [0, 0.05) is 5.92 Å². The Morgan fingerprint density at radius 2 is 1.80 bits per heavy atom. The number of carboxylic acid groups (broad SMARTS) is 1. The van der Waals surface area contributed by atoms with Crippen molar-refractivity contribution >= 4 is 5.97 Å². The average molecular weight is 207 g/mol. The predicted molar refractivity (Wildman–Crippen MR) is 59.6 cm³/mol. The summed E-state index contributed by atoms with van der Waals surface area (Å²) in [4.78, 5) is 10.9. The van der Waals surface area contributed by atoms with Crippen LogP contribution >= 0.6 is 0 Å². The Hall–Kier alpha value is -1.35. The summed E-state index contributed by atoms with van der Waals surface area (Å²) in [6.07, 6.45) is 0. The van der Waals surface area contributed by atoms with Crippen LogP contribution in [0.3, 0.4) is 0 Å². The second-order valence-electron chi connectivity index (χ2n) is 4.04. The number of benzene rings is 1. The maximum atomic E-state index is 10.9. The first-order chi connectivity index (χ1) is 7.04. The molecule has 3 nitrogen and oxygen atoms in total.